The van der Waals surface area contributed by atoms with Gasteiger partial charge in [-0.3, -0.25) is 9.79 Å². The number of carboxylic acid groups (broad SMARTS) is 1. The molecule has 0 bridgehead atoms. The number of rotatable bonds is 5. The van der Waals surface area contributed by atoms with Crippen LogP contribution in [0.2, 0.25) is 0 Å². The molecule has 5 nitrogen and oxygen atoms in total. The number of benzene rings is 1. The Kier molecular flexibility index (Phi) is 4.32. The number of nitrogens with zero attached hydrogens (tertiary/aromatic N) is 1. The van der Waals surface area contributed by atoms with E-state index in [1.54, 1.807) is 0 Å². The van der Waals surface area contributed by atoms with Gasteiger partial charge in [-0.15, -0.1) is 0 Å². The molecule has 0 saturated carbocycles. The fraction of sp³-hybridized carbons (Fsp3) is 0.273. The summed E-state index contributed by atoms with van der Waals surface area (Å²) in [6.45, 7) is 0.376. The number of phenolic OH excluding ortho intramolecular Hbond substituents is 2. The van der Waals surface area contributed by atoms with Gasteiger partial charge in [0.05, 0.1) is 0 Å². The maximum Gasteiger partial charge on any atom is 0.303 e. The van der Waals surface area contributed by atoms with E-state index in [0.717, 1.165) is 0 Å². The maximum atomic E-state index is 10.2. The van der Waals surface area contributed by atoms with Gasteiger partial charge in [0.1, 0.15) is 11.5 Å². The average molecular weight is 223 g/mol. The number of hydrogen-bond donors (Lipinski definition) is 3. The van der Waals surface area contributed by atoms with Gasteiger partial charge in [-0.2, -0.15) is 0 Å². The van der Waals surface area contributed by atoms with Crippen molar-refractivity contribution in [2.45, 2.75) is 12.8 Å². The van der Waals surface area contributed by atoms with Crippen molar-refractivity contribution >= 4 is 12.2 Å². The predicted molar refractivity (Wildman–Crippen MR) is 59.1 cm³/mol. The molecule has 0 amide bonds. The zero-order valence-corrected chi connectivity index (χ0v) is 8.63. The standard InChI is InChI=1S/C11H13NO4/c13-9-3-4-10(14)8(6-9)7-12-5-1-2-11(15)16/h3-4,6-7,13-14H,1-2,5H2,(H,15,16). The summed E-state index contributed by atoms with van der Waals surface area (Å²) in [5.74, 6) is -0.778. The molecule has 0 aliphatic heterocycles. The first-order valence-corrected chi connectivity index (χ1v) is 4.83. The van der Waals surface area contributed by atoms with E-state index in [0.29, 0.717) is 18.5 Å². The Hall–Kier alpha value is -2.04. The summed E-state index contributed by atoms with van der Waals surface area (Å²) in [5, 5.41) is 26.9. The van der Waals surface area contributed by atoms with Crippen LogP contribution in [0.1, 0.15) is 18.4 Å². The van der Waals surface area contributed by atoms with E-state index in [4.69, 9.17) is 10.2 Å². The predicted octanol–water partition coefficient (Wildman–Crippen LogP) is 1.38. The molecule has 0 spiro atoms. The van der Waals surface area contributed by atoms with Gasteiger partial charge in [0.25, 0.3) is 0 Å². The molecule has 3 N–H and O–H groups in total. The summed E-state index contributed by atoms with van der Waals surface area (Å²) in [5.41, 5.74) is 0.412. The largest absolute Gasteiger partial charge is 0.508 e. The van der Waals surface area contributed by atoms with Crippen LogP contribution in [0.4, 0.5) is 0 Å². The minimum atomic E-state index is -0.851. The maximum absolute atomic E-state index is 10.2. The molecule has 0 saturated heterocycles. The molecule has 5 heteroatoms. The molecule has 0 heterocycles. The number of carbonyl (C=O) groups is 1. The first kappa shape index (κ1) is 12.0. The van der Waals surface area contributed by atoms with Gasteiger partial charge in [-0.25, -0.2) is 0 Å². The topological polar surface area (TPSA) is 90.1 Å². The highest BCUT2D eigenvalue weighted by molar-refractivity contribution is 5.84. The molecule has 0 aromatic heterocycles. The zero-order valence-electron chi connectivity index (χ0n) is 8.63. The van der Waals surface area contributed by atoms with E-state index >= 15 is 0 Å². The number of aliphatic imine (C=N–C) groups is 1. The van der Waals surface area contributed by atoms with Crippen molar-refractivity contribution in [3.05, 3.63) is 23.8 Å². The molecular weight excluding hydrogens is 210 g/mol. The third-order valence-electron chi connectivity index (χ3n) is 1.92. The van der Waals surface area contributed by atoms with Crippen LogP contribution in [-0.4, -0.2) is 34.0 Å². The van der Waals surface area contributed by atoms with Crippen LogP contribution in [0.15, 0.2) is 23.2 Å². The van der Waals surface area contributed by atoms with Gasteiger partial charge in [-0.1, -0.05) is 0 Å². The van der Waals surface area contributed by atoms with E-state index in [1.165, 1.54) is 24.4 Å². The Morgan fingerprint density at radius 1 is 1.38 bits per heavy atom. The lowest BCUT2D eigenvalue weighted by molar-refractivity contribution is -0.137. The van der Waals surface area contributed by atoms with E-state index in [9.17, 15) is 9.90 Å². The molecule has 86 valence electrons. The average Bonchev–Trinajstić information content (AvgIpc) is 2.22. The fourth-order valence-corrected chi connectivity index (χ4v) is 1.13. The summed E-state index contributed by atoms with van der Waals surface area (Å²) in [6, 6.07) is 4.13. The number of carboxylic acids is 1. The molecular formula is C11H13NO4. The molecule has 1 rings (SSSR count). The van der Waals surface area contributed by atoms with Crippen LogP contribution in [0, 0.1) is 0 Å². The SMILES string of the molecule is O=C(O)CCCN=Cc1cc(O)ccc1O. The third-order valence-corrected chi connectivity index (χ3v) is 1.92. The molecule has 0 aliphatic carbocycles. The molecule has 0 fully saturated rings. The van der Waals surface area contributed by atoms with Crippen molar-refractivity contribution < 1.29 is 20.1 Å². The summed E-state index contributed by atoms with van der Waals surface area (Å²) in [7, 11) is 0. The highest BCUT2D eigenvalue weighted by atomic mass is 16.4. The first-order chi connectivity index (χ1) is 7.59. The van der Waals surface area contributed by atoms with Crippen molar-refractivity contribution in [3.63, 3.8) is 0 Å². The second kappa shape index (κ2) is 5.75. The van der Waals surface area contributed by atoms with Crippen molar-refractivity contribution in [2.75, 3.05) is 6.54 Å². The van der Waals surface area contributed by atoms with Crippen LogP contribution < -0.4 is 0 Å². The van der Waals surface area contributed by atoms with Crippen molar-refractivity contribution in [3.8, 4) is 11.5 Å². The molecule has 0 atom stereocenters. The molecule has 0 radical (unpaired) electrons. The van der Waals surface area contributed by atoms with Gasteiger partial charge in [0, 0.05) is 24.7 Å². The number of phenols is 2. The Morgan fingerprint density at radius 2 is 2.12 bits per heavy atom. The minimum Gasteiger partial charge on any atom is -0.508 e. The molecule has 0 aliphatic rings. The van der Waals surface area contributed by atoms with Gasteiger partial charge in [0.15, 0.2) is 0 Å². The van der Waals surface area contributed by atoms with Gasteiger partial charge in [-0.05, 0) is 24.6 Å². The van der Waals surface area contributed by atoms with Crippen LogP contribution in [-0.2, 0) is 4.79 Å². The minimum absolute atomic E-state index is 0.0276. The molecule has 1 aromatic rings. The Labute approximate surface area is 92.7 Å². The third kappa shape index (κ3) is 4.00. The zero-order chi connectivity index (χ0) is 12.0. The second-order valence-electron chi connectivity index (χ2n) is 3.28. The number of aromatic hydroxyl groups is 2. The van der Waals surface area contributed by atoms with Crippen molar-refractivity contribution in [1.82, 2.24) is 0 Å². The smallest absolute Gasteiger partial charge is 0.303 e. The fourth-order valence-electron chi connectivity index (χ4n) is 1.13. The summed E-state index contributed by atoms with van der Waals surface area (Å²) in [4.78, 5) is 14.2. The highest BCUT2D eigenvalue weighted by Crippen LogP contribution is 2.20. The Bertz CT molecular complexity index is 401. The van der Waals surface area contributed by atoms with Crippen LogP contribution >= 0.6 is 0 Å². The second-order valence-corrected chi connectivity index (χ2v) is 3.28. The van der Waals surface area contributed by atoms with Crippen LogP contribution in [0.3, 0.4) is 0 Å². The first-order valence-electron chi connectivity index (χ1n) is 4.83. The van der Waals surface area contributed by atoms with Gasteiger partial charge in [0.2, 0.25) is 0 Å². The van der Waals surface area contributed by atoms with Gasteiger partial charge < -0.3 is 15.3 Å². The molecule has 16 heavy (non-hydrogen) atoms. The van der Waals surface area contributed by atoms with Crippen molar-refractivity contribution in [1.29, 1.82) is 0 Å². The summed E-state index contributed by atoms with van der Waals surface area (Å²) >= 11 is 0. The summed E-state index contributed by atoms with van der Waals surface area (Å²) in [6.07, 6.45) is 1.94. The highest BCUT2D eigenvalue weighted by Gasteiger charge is 1.99. The van der Waals surface area contributed by atoms with E-state index in [1.807, 2.05) is 0 Å². The normalized spacial score (nSPS) is 10.8. The van der Waals surface area contributed by atoms with Crippen molar-refractivity contribution in [2.24, 2.45) is 4.99 Å². The summed E-state index contributed by atoms with van der Waals surface area (Å²) < 4.78 is 0. The van der Waals surface area contributed by atoms with E-state index < -0.39 is 5.97 Å². The lowest BCUT2D eigenvalue weighted by Gasteiger charge is -1.99. The van der Waals surface area contributed by atoms with E-state index in [-0.39, 0.29) is 17.9 Å². The Morgan fingerprint density at radius 3 is 2.81 bits per heavy atom. The van der Waals surface area contributed by atoms with Crippen LogP contribution in [0.25, 0.3) is 0 Å². The molecule has 1 aromatic carbocycles. The number of aliphatic carboxylic acids is 1. The van der Waals surface area contributed by atoms with E-state index in [2.05, 4.69) is 4.99 Å². The Balaban J connectivity index is 2.49. The number of hydrogen-bond acceptors (Lipinski definition) is 4. The molecule has 0 unspecified atom stereocenters. The van der Waals surface area contributed by atoms with Crippen LogP contribution in [0.5, 0.6) is 11.5 Å². The lowest BCUT2D eigenvalue weighted by atomic mass is 10.2. The quantitative estimate of drug-likeness (QED) is 0.399. The lowest BCUT2D eigenvalue weighted by Crippen LogP contribution is -1.95. The monoisotopic (exact) mass is 223 g/mol. The van der Waals surface area contributed by atoms with Gasteiger partial charge >= 0.3 is 5.97 Å².